The van der Waals surface area contributed by atoms with Gasteiger partial charge in [0.2, 0.25) is 0 Å². The van der Waals surface area contributed by atoms with Crippen molar-refractivity contribution in [1.29, 1.82) is 0 Å². The zero-order valence-electron chi connectivity index (χ0n) is 9.74. The van der Waals surface area contributed by atoms with Gasteiger partial charge >= 0.3 is 0 Å². The third-order valence-corrected chi connectivity index (χ3v) is 4.23. The van der Waals surface area contributed by atoms with Crippen LogP contribution in [0.5, 0.6) is 0 Å². The van der Waals surface area contributed by atoms with Crippen molar-refractivity contribution in [1.82, 2.24) is 0 Å². The molecule has 0 bridgehead atoms. The molecule has 1 atom stereocenters. The minimum Gasteiger partial charge on any atom is -0.207 e. The van der Waals surface area contributed by atoms with Crippen molar-refractivity contribution in [2.75, 3.05) is 5.33 Å². The minimum absolute atomic E-state index is 0.183. The minimum atomic E-state index is -0.183. The second kappa shape index (κ2) is 6.48. The Labute approximate surface area is 123 Å². The van der Waals surface area contributed by atoms with Crippen molar-refractivity contribution in [3.8, 4) is 0 Å². The van der Waals surface area contributed by atoms with Crippen LogP contribution in [0, 0.1) is 5.82 Å². The standard InChI is InChI=1S/C15H13Br2F/c16-10-13(12-3-5-14(17)6-4-12)9-11-1-7-15(18)8-2-11/h1-8,13H,9-10H2. The summed E-state index contributed by atoms with van der Waals surface area (Å²) in [4.78, 5) is 0. The fourth-order valence-electron chi connectivity index (χ4n) is 1.90. The summed E-state index contributed by atoms with van der Waals surface area (Å²) >= 11 is 7.00. The predicted molar refractivity (Wildman–Crippen MR) is 80.8 cm³/mol. The Morgan fingerprint density at radius 2 is 1.56 bits per heavy atom. The van der Waals surface area contributed by atoms with E-state index in [9.17, 15) is 4.39 Å². The predicted octanol–water partition coefficient (Wildman–Crippen LogP) is 5.31. The van der Waals surface area contributed by atoms with Gasteiger partial charge in [0.15, 0.2) is 0 Å². The van der Waals surface area contributed by atoms with Gasteiger partial charge in [-0.15, -0.1) is 0 Å². The van der Waals surface area contributed by atoms with Crippen LogP contribution in [0.25, 0.3) is 0 Å². The largest absolute Gasteiger partial charge is 0.207 e. The molecule has 18 heavy (non-hydrogen) atoms. The normalized spacial score (nSPS) is 12.4. The lowest BCUT2D eigenvalue weighted by Crippen LogP contribution is -2.04. The highest BCUT2D eigenvalue weighted by Gasteiger charge is 2.11. The first-order valence-corrected chi connectivity index (χ1v) is 7.66. The van der Waals surface area contributed by atoms with Gasteiger partial charge in [0.1, 0.15) is 5.82 Å². The molecule has 3 heteroatoms. The van der Waals surface area contributed by atoms with Crippen LogP contribution in [0.3, 0.4) is 0 Å². The summed E-state index contributed by atoms with van der Waals surface area (Å²) in [6.45, 7) is 0. The first kappa shape index (κ1) is 13.8. The van der Waals surface area contributed by atoms with Crippen LogP contribution in [0.15, 0.2) is 53.0 Å². The number of rotatable bonds is 4. The lowest BCUT2D eigenvalue weighted by Gasteiger charge is -2.14. The summed E-state index contributed by atoms with van der Waals surface area (Å²) in [5.41, 5.74) is 2.45. The van der Waals surface area contributed by atoms with Gasteiger partial charge in [0.05, 0.1) is 0 Å². The molecule has 0 aromatic heterocycles. The van der Waals surface area contributed by atoms with Gasteiger partial charge in [-0.1, -0.05) is 56.1 Å². The first-order chi connectivity index (χ1) is 8.69. The number of alkyl halides is 1. The molecule has 2 aromatic rings. The first-order valence-electron chi connectivity index (χ1n) is 5.75. The van der Waals surface area contributed by atoms with E-state index in [-0.39, 0.29) is 5.82 Å². The lowest BCUT2D eigenvalue weighted by molar-refractivity contribution is 0.626. The maximum Gasteiger partial charge on any atom is 0.123 e. The molecule has 0 aliphatic heterocycles. The highest BCUT2D eigenvalue weighted by Crippen LogP contribution is 2.24. The van der Waals surface area contributed by atoms with Crippen molar-refractivity contribution in [3.05, 3.63) is 69.9 Å². The van der Waals surface area contributed by atoms with Gasteiger partial charge in [-0.25, -0.2) is 4.39 Å². The van der Waals surface area contributed by atoms with Crippen molar-refractivity contribution in [2.24, 2.45) is 0 Å². The smallest absolute Gasteiger partial charge is 0.123 e. The van der Waals surface area contributed by atoms with E-state index in [0.29, 0.717) is 5.92 Å². The average molecular weight is 372 g/mol. The molecule has 0 saturated heterocycles. The van der Waals surface area contributed by atoms with E-state index in [4.69, 9.17) is 0 Å². The van der Waals surface area contributed by atoms with E-state index in [2.05, 4.69) is 56.1 Å². The number of hydrogen-bond donors (Lipinski definition) is 0. The van der Waals surface area contributed by atoms with E-state index in [1.54, 1.807) is 0 Å². The van der Waals surface area contributed by atoms with E-state index in [1.807, 2.05) is 12.1 Å². The Hall–Kier alpha value is -0.670. The topological polar surface area (TPSA) is 0 Å². The number of halogens is 3. The molecule has 2 aromatic carbocycles. The molecule has 0 saturated carbocycles. The van der Waals surface area contributed by atoms with E-state index in [0.717, 1.165) is 21.8 Å². The monoisotopic (exact) mass is 370 g/mol. The molecule has 0 amide bonds. The molecule has 0 heterocycles. The quantitative estimate of drug-likeness (QED) is 0.639. The van der Waals surface area contributed by atoms with Crippen LogP contribution < -0.4 is 0 Å². The highest BCUT2D eigenvalue weighted by atomic mass is 79.9. The molecule has 0 aliphatic rings. The number of benzene rings is 2. The van der Waals surface area contributed by atoms with Crippen LogP contribution in [-0.4, -0.2) is 5.33 Å². The average Bonchev–Trinajstić information content (AvgIpc) is 2.39. The van der Waals surface area contributed by atoms with Crippen LogP contribution in [0.2, 0.25) is 0 Å². The molecule has 0 radical (unpaired) electrons. The molecule has 0 nitrogen and oxygen atoms in total. The summed E-state index contributed by atoms with van der Waals surface area (Å²) in [6.07, 6.45) is 0.910. The summed E-state index contributed by atoms with van der Waals surface area (Å²) < 4.78 is 13.9. The Morgan fingerprint density at radius 3 is 2.11 bits per heavy atom. The van der Waals surface area contributed by atoms with E-state index >= 15 is 0 Å². The SMILES string of the molecule is Fc1ccc(CC(CBr)c2ccc(Br)cc2)cc1. The fraction of sp³-hybridized carbons (Fsp3) is 0.200. The van der Waals surface area contributed by atoms with Gasteiger partial charge in [-0.2, -0.15) is 0 Å². The molecule has 0 fully saturated rings. The Morgan fingerprint density at radius 1 is 0.944 bits per heavy atom. The van der Waals surface area contributed by atoms with Crippen molar-refractivity contribution < 1.29 is 4.39 Å². The van der Waals surface area contributed by atoms with Crippen LogP contribution in [0.4, 0.5) is 4.39 Å². The Balaban J connectivity index is 2.14. The highest BCUT2D eigenvalue weighted by molar-refractivity contribution is 9.10. The van der Waals surface area contributed by atoms with Crippen molar-refractivity contribution in [2.45, 2.75) is 12.3 Å². The number of hydrogen-bond acceptors (Lipinski definition) is 0. The van der Waals surface area contributed by atoms with Gasteiger partial charge in [0.25, 0.3) is 0 Å². The maximum atomic E-state index is 12.9. The third kappa shape index (κ3) is 3.66. The lowest BCUT2D eigenvalue weighted by atomic mass is 9.94. The van der Waals surface area contributed by atoms with Crippen LogP contribution in [-0.2, 0) is 6.42 Å². The molecular formula is C15H13Br2F. The van der Waals surface area contributed by atoms with Crippen molar-refractivity contribution in [3.63, 3.8) is 0 Å². The van der Waals surface area contributed by atoms with Crippen LogP contribution >= 0.6 is 31.9 Å². The fourth-order valence-corrected chi connectivity index (χ4v) is 2.77. The van der Waals surface area contributed by atoms with Gasteiger partial charge < -0.3 is 0 Å². The zero-order valence-corrected chi connectivity index (χ0v) is 12.9. The van der Waals surface area contributed by atoms with E-state index < -0.39 is 0 Å². The second-order valence-electron chi connectivity index (χ2n) is 4.23. The molecule has 2 rings (SSSR count). The molecular weight excluding hydrogens is 359 g/mol. The molecule has 0 aliphatic carbocycles. The maximum absolute atomic E-state index is 12.9. The van der Waals surface area contributed by atoms with E-state index in [1.165, 1.54) is 17.7 Å². The van der Waals surface area contributed by atoms with Gasteiger partial charge in [-0.3, -0.25) is 0 Å². The van der Waals surface area contributed by atoms with Crippen LogP contribution in [0.1, 0.15) is 17.0 Å². The molecule has 0 spiro atoms. The van der Waals surface area contributed by atoms with Gasteiger partial charge in [0, 0.05) is 9.80 Å². The second-order valence-corrected chi connectivity index (χ2v) is 5.80. The summed E-state index contributed by atoms with van der Waals surface area (Å²) in [5, 5.41) is 0.895. The zero-order chi connectivity index (χ0) is 13.0. The summed E-state index contributed by atoms with van der Waals surface area (Å²) in [6, 6.07) is 15.1. The Bertz CT molecular complexity index is 491. The summed E-state index contributed by atoms with van der Waals surface area (Å²) in [7, 11) is 0. The third-order valence-electron chi connectivity index (χ3n) is 2.92. The molecule has 1 unspecified atom stereocenters. The molecule has 0 N–H and O–H groups in total. The Kier molecular flexibility index (Phi) is 4.95. The van der Waals surface area contributed by atoms with Crippen molar-refractivity contribution >= 4 is 31.9 Å². The summed E-state index contributed by atoms with van der Waals surface area (Å²) in [5.74, 6) is 0.223. The van der Waals surface area contributed by atoms with Gasteiger partial charge in [-0.05, 0) is 47.7 Å². The molecule has 94 valence electrons.